The lowest BCUT2D eigenvalue weighted by molar-refractivity contribution is -0.139. The summed E-state index contributed by atoms with van der Waals surface area (Å²) in [6.07, 6.45) is 0.103. The first-order chi connectivity index (χ1) is 6.63. The maximum absolute atomic E-state index is 12.5. The van der Waals surface area contributed by atoms with Crippen LogP contribution in [-0.4, -0.2) is 11.1 Å². The first-order valence-corrected chi connectivity index (χ1v) is 4.00. The average Bonchev–Trinajstić information content (AvgIpc) is 2.16. The third-order valence-electron chi connectivity index (χ3n) is 1.81. The molecule has 0 fully saturated rings. The van der Waals surface area contributed by atoms with Gasteiger partial charge >= 0.3 is 5.97 Å². The molecule has 1 aromatic carbocycles. The van der Waals surface area contributed by atoms with Crippen molar-refractivity contribution in [3.8, 4) is 6.07 Å². The van der Waals surface area contributed by atoms with E-state index in [1.807, 2.05) is 0 Å². The molecule has 0 spiro atoms. The van der Waals surface area contributed by atoms with Gasteiger partial charge in [-0.05, 0) is 24.1 Å². The van der Waals surface area contributed by atoms with Crippen molar-refractivity contribution in [2.24, 2.45) is 5.92 Å². The van der Waals surface area contributed by atoms with Crippen LogP contribution in [0.4, 0.5) is 4.39 Å². The van der Waals surface area contributed by atoms with Gasteiger partial charge in [-0.3, -0.25) is 4.79 Å². The van der Waals surface area contributed by atoms with Crippen LogP contribution in [0.15, 0.2) is 24.3 Å². The van der Waals surface area contributed by atoms with Crippen molar-refractivity contribution >= 4 is 5.97 Å². The van der Waals surface area contributed by atoms with Gasteiger partial charge in [0.2, 0.25) is 0 Å². The maximum Gasteiger partial charge on any atom is 0.321 e. The predicted octanol–water partition coefficient (Wildman–Crippen LogP) is 1.59. The van der Waals surface area contributed by atoms with Crippen LogP contribution in [-0.2, 0) is 11.2 Å². The van der Waals surface area contributed by atoms with E-state index in [4.69, 9.17) is 10.4 Å². The summed E-state index contributed by atoms with van der Waals surface area (Å²) >= 11 is 0. The van der Waals surface area contributed by atoms with E-state index in [0.717, 1.165) is 0 Å². The summed E-state index contributed by atoms with van der Waals surface area (Å²) in [6.45, 7) is 0. The van der Waals surface area contributed by atoms with Crippen molar-refractivity contribution in [1.82, 2.24) is 0 Å². The summed E-state index contributed by atoms with van der Waals surface area (Å²) in [5.74, 6) is -2.60. The summed E-state index contributed by atoms with van der Waals surface area (Å²) in [5, 5.41) is 17.1. The third-order valence-corrected chi connectivity index (χ3v) is 1.81. The lowest BCUT2D eigenvalue weighted by atomic mass is 10.0. The van der Waals surface area contributed by atoms with Crippen LogP contribution < -0.4 is 0 Å². The highest BCUT2D eigenvalue weighted by Gasteiger charge is 2.16. The summed E-state index contributed by atoms with van der Waals surface area (Å²) in [5.41, 5.74) is 0.639. The van der Waals surface area contributed by atoms with Gasteiger partial charge in [-0.2, -0.15) is 5.26 Å². The maximum atomic E-state index is 12.5. The number of hydrogen-bond acceptors (Lipinski definition) is 2. The van der Waals surface area contributed by atoms with E-state index in [2.05, 4.69) is 0 Å². The molecular weight excluding hydrogens is 185 g/mol. The zero-order valence-corrected chi connectivity index (χ0v) is 7.27. The van der Waals surface area contributed by atoms with E-state index < -0.39 is 11.9 Å². The van der Waals surface area contributed by atoms with Crippen LogP contribution >= 0.6 is 0 Å². The lowest BCUT2D eigenvalue weighted by Gasteiger charge is -2.03. The normalized spacial score (nSPS) is 11.7. The molecule has 0 heterocycles. The number of benzene rings is 1. The fourth-order valence-electron chi connectivity index (χ4n) is 1.04. The Morgan fingerprint density at radius 2 is 2.07 bits per heavy atom. The van der Waals surface area contributed by atoms with E-state index in [9.17, 15) is 9.18 Å². The van der Waals surface area contributed by atoms with Crippen molar-refractivity contribution in [2.75, 3.05) is 0 Å². The molecule has 0 saturated heterocycles. The van der Waals surface area contributed by atoms with E-state index in [1.54, 1.807) is 6.07 Å². The standard InChI is InChI=1S/C10H8FNO2/c11-9-3-1-7(2-4-9)5-8(6-12)10(13)14/h1-4,8H,5H2,(H,13,14)/t8-/m1/s1. The van der Waals surface area contributed by atoms with Crippen LogP contribution in [0, 0.1) is 23.1 Å². The molecule has 4 heteroatoms. The molecule has 1 atom stereocenters. The minimum atomic E-state index is -1.16. The molecule has 0 saturated carbocycles. The smallest absolute Gasteiger partial charge is 0.321 e. The highest BCUT2D eigenvalue weighted by atomic mass is 19.1. The summed E-state index contributed by atoms with van der Waals surface area (Å²) in [7, 11) is 0. The molecule has 0 aromatic heterocycles. The summed E-state index contributed by atoms with van der Waals surface area (Å²) in [4.78, 5) is 10.5. The van der Waals surface area contributed by atoms with E-state index in [1.165, 1.54) is 24.3 Å². The third kappa shape index (κ3) is 2.56. The van der Waals surface area contributed by atoms with Crippen molar-refractivity contribution < 1.29 is 14.3 Å². The SMILES string of the molecule is N#C[C@@H](Cc1ccc(F)cc1)C(=O)O. The van der Waals surface area contributed by atoms with E-state index >= 15 is 0 Å². The van der Waals surface area contributed by atoms with Crippen molar-refractivity contribution in [1.29, 1.82) is 5.26 Å². The van der Waals surface area contributed by atoms with E-state index in [0.29, 0.717) is 5.56 Å². The van der Waals surface area contributed by atoms with Crippen LogP contribution in [0.2, 0.25) is 0 Å². The molecule has 0 aliphatic carbocycles. The molecule has 0 unspecified atom stereocenters. The number of carbonyl (C=O) groups is 1. The number of nitrogens with zero attached hydrogens (tertiary/aromatic N) is 1. The highest BCUT2D eigenvalue weighted by molar-refractivity contribution is 5.73. The molecule has 1 N–H and O–H groups in total. The summed E-state index contributed by atoms with van der Waals surface area (Å²) in [6, 6.07) is 7.10. The van der Waals surface area contributed by atoms with Gasteiger partial charge in [0.15, 0.2) is 0 Å². The fraction of sp³-hybridized carbons (Fsp3) is 0.200. The molecule has 0 bridgehead atoms. The fourth-order valence-corrected chi connectivity index (χ4v) is 1.04. The van der Waals surface area contributed by atoms with Gasteiger partial charge in [-0.25, -0.2) is 4.39 Å². The van der Waals surface area contributed by atoms with Gasteiger partial charge in [0.05, 0.1) is 6.07 Å². The first kappa shape index (κ1) is 10.2. The quantitative estimate of drug-likeness (QED) is 0.792. The number of carboxylic acids is 1. The second kappa shape index (κ2) is 4.38. The Labute approximate surface area is 80.4 Å². The van der Waals surface area contributed by atoms with Gasteiger partial charge in [-0.15, -0.1) is 0 Å². The van der Waals surface area contributed by atoms with Crippen LogP contribution in [0.25, 0.3) is 0 Å². The Kier molecular flexibility index (Phi) is 3.19. The predicted molar refractivity (Wildman–Crippen MR) is 46.8 cm³/mol. The molecule has 3 nitrogen and oxygen atoms in total. The Morgan fingerprint density at radius 3 is 2.50 bits per heavy atom. The molecule has 72 valence electrons. The second-order valence-electron chi connectivity index (χ2n) is 2.85. The number of nitriles is 1. The molecule has 14 heavy (non-hydrogen) atoms. The molecule has 1 rings (SSSR count). The van der Waals surface area contributed by atoms with Crippen molar-refractivity contribution in [3.05, 3.63) is 35.6 Å². The summed E-state index contributed by atoms with van der Waals surface area (Å²) < 4.78 is 12.5. The van der Waals surface area contributed by atoms with E-state index in [-0.39, 0.29) is 12.2 Å². The number of halogens is 1. The molecule has 0 radical (unpaired) electrons. The minimum absolute atomic E-state index is 0.103. The topological polar surface area (TPSA) is 61.1 Å². The largest absolute Gasteiger partial charge is 0.480 e. The van der Waals surface area contributed by atoms with Gasteiger partial charge in [0.25, 0.3) is 0 Å². The Balaban J connectivity index is 2.74. The van der Waals surface area contributed by atoms with Crippen molar-refractivity contribution in [3.63, 3.8) is 0 Å². The number of hydrogen-bond donors (Lipinski definition) is 1. The van der Waals surface area contributed by atoms with Gasteiger partial charge < -0.3 is 5.11 Å². The Morgan fingerprint density at radius 1 is 1.50 bits per heavy atom. The second-order valence-corrected chi connectivity index (χ2v) is 2.85. The monoisotopic (exact) mass is 193 g/mol. The van der Waals surface area contributed by atoms with Crippen LogP contribution in [0.1, 0.15) is 5.56 Å². The number of carboxylic acid groups (broad SMARTS) is 1. The van der Waals surface area contributed by atoms with Gasteiger partial charge in [-0.1, -0.05) is 12.1 Å². The molecular formula is C10H8FNO2. The molecule has 1 aromatic rings. The highest BCUT2D eigenvalue weighted by Crippen LogP contribution is 2.09. The molecule has 0 aliphatic rings. The number of aliphatic carboxylic acids is 1. The molecule has 0 amide bonds. The minimum Gasteiger partial charge on any atom is -0.480 e. The zero-order valence-electron chi connectivity index (χ0n) is 7.27. The molecule has 0 aliphatic heterocycles. The lowest BCUT2D eigenvalue weighted by Crippen LogP contribution is -2.14. The van der Waals surface area contributed by atoms with Crippen molar-refractivity contribution in [2.45, 2.75) is 6.42 Å². The van der Waals surface area contributed by atoms with Gasteiger partial charge in [0, 0.05) is 0 Å². The van der Waals surface area contributed by atoms with Gasteiger partial charge in [0.1, 0.15) is 11.7 Å². The zero-order chi connectivity index (χ0) is 10.6. The average molecular weight is 193 g/mol. The van der Waals surface area contributed by atoms with Crippen LogP contribution in [0.3, 0.4) is 0 Å². The first-order valence-electron chi connectivity index (χ1n) is 4.00. The Hall–Kier alpha value is -1.89. The van der Waals surface area contributed by atoms with Crippen LogP contribution in [0.5, 0.6) is 0 Å². The number of rotatable bonds is 3. The Bertz CT molecular complexity index is 367.